The largest absolute Gasteiger partial charge is 0.111 e. The second-order valence-corrected chi connectivity index (χ2v) is 8.09. The first-order chi connectivity index (χ1) is 13.0. The fraction of sp³-hybridized carbons (Fsp3) is 0.160. The molecule has 1 aliphatic carbocycles. The molecule has 134 valence electrons. The van der Waals surface area contributed by atoms with E-state index in [0.29, 0.717) is 5.92 Å². The van der Waals surface area contributed by atoms with Gasteiger partial charge in [-0.1, -0.05) is 91.6 Å². The van der Waals surface area contributed by atoms with Gasteiger partial charge >= 0.3 is 0 Å². The molecule has 0 unspecified atom stereocenters. The van der Waals surface area contributed by atoms with Crippen molar-refractivity contribution in [3.05, 3.63) is 117 Å². The standard InChI is InChI=1S/C25H20Cl2/c1-17-24(25(17,2)20-10-14-22(27)15-11-20)16-23(18-6-4-3-5-7-18)19-8-12-21(26)13-9-19/h3-15,17H,1-2H3/t16?,17-,25+/m0/s1. The summed E-state index contributed by atoms with van der Waals surface area (Å²) in [6.45, 7) is 4.55. The molecule has 1 aliphatic rings. The Morgan fingerprint density at radius 3 is 1.89 bits per heavy atom. The smallest absolute Gasteiger partial charge is 0.0406 e. The summed E-state index contributed by atoms with van der Waals surface area (Å²) in [5, 5.41) is 1.51. The quantitative estimate of drug-likeness (QED) is 0.404. The number of hydrogen-bond acceptors (Lipinski definition) is 0. The van der Waals surface area contributed by atoms with Gasteiger partial charge in [-0.05, 0) is 52.4 Å². The van der Waals surface area contributed by atoms with Crippen LogP contribution in [0.4, 0.5) is 0 Å². The third-order valence-corrected chi connectivity index (χ3v) is 6.18. The first kappa shape index (κ1) is 18.1. The lowest BCUT2D eigenvalue weighted by molar-refractivity contribution is 0.707. The minimum Gasteiger partial charge on any atom is -0.111 e. The minimum absolute atomic E-state index is 0.00293. The predicted molar refractivity (Wildman–Crippen MR) is 115 cm³/mol. The average molecular weight is 391 g/mol. The van der Waals surface area contributed by atoms with Crippen LogP contribution in [0.5, 0.6) is 0 Å². The Balaban J connectivity index is 1.88. The third-order valence-electron chi connectivity index (χ3n) is 5.67. The SMILES string of the molecule is C[C@H]1C(=C=C(c2ccccc2)c2ccc(Cl)cc2)[C@@]1(C)c1ccc(Cl)cc1. The molecule has 27 heavy (non-hydrogen) atoms. The van der Waals surface area contributed by atoms with Crippen LogP contribution in [0.1, 0.15) is 30.5 Å². The molecule has 4 rings (SSSR count). The van der Waals surface area contributed by atoms with Crippen LogP contribution in [0.15, 0.2) is 90.2 Å². The van der Waals surface area contributed by atoms with Crippen molar-refractivity contribution >= 4 is 28.8 Å². The van der Waals surface area contributed by atoms with Crippen LogP contribution in [0, 0.1) is 5.92 Å². The van der Waals surface area contributed by atoms with E-state index in [-0.39, 0.29) is 5.41 Å². The summed E-state index contributed by atoms with van der Waals surface area (Å²) in [5.74, 6) is 0.435. The summed E-state index contributed by atoms with van der Waals surface area (Å²) in [6, 6.07) is 26.6. The molecule has 0 nitrogen and oxygen atoms in total. The molecule has 0 radical (unpaired) electrons. The predicted octanol–water partition coefficient (Wildman–Crippen LogP) is 7.56. The molecule has 0 aromatic heterocycles. The Labute approximate surface area is 170 Å². The van der Waals surface area contributed by atoms with E-state index in [9.17, 15) is 0 Å². The van der Waals surface area contributed by atoms with E-state index in [1.807, 2.05) is 30.3 Å². The second kappa shape index (κ2) is 7.06. The third kappa shape index (κ3) is 3.37. The molecule has 0 N–H and O–H groups in total. The van der Waals surface area contributed by atoms with Crippen LogP contribution in [-0.2, 0) is 5.41 Å². The first-order valence-corrected chi connectivity index (χ1v) is 9.84. The molecule has 0 heterocycles. The maximum absolute atomic E-state index is 6.10. The van der Waals surface area contributed by atoms with Crippen molar-refractivity contribution in [2.24, 2.45) is 5.92 Å². The molecule has 1 saturated carbocycles. The van der Waals surface area contributed by atoms with Gasteiger partial charge in [0.15, 0.2) is 0 Å². The Hall–Kier alpha value is -2.24. The van der Waals surface area contributed by atoms with Gasteiger partial charge in [-0.15, -0.1) is 5.73 Å². The van der Waals surface area contributed by atoms with E-state index in [1.165, 1.54) is 11.1 Å². The van der Waals surface area contributed by atoms with Crippen LogP contribution in [0.2, 0.25) is 10.0 Å². The minimum atomic E-state index is -0.00293. The van der Waals surface area contributed by atoms with Crippen LogP contribution < -0.4 is 0 Å². The van der Waals surface area contributed by atoms with Gasteiger partial charge in [-0.25, -0.2) is 0 Å². The highest BCUT2D eigenvalue weighted by molar-refractivity contribution is 6.30. The lowest BCUT2D eigenvalue weighted by Gasteiger charge is -2.09. The van der Waals surface area contributed by atoms with Gasteiger partial charge in [0.25, 0.3) is 0 Å². The highest BCUT2D eigenvalue weighted by Gasteiger charge is 2.54. The summed E-state index contributed by atoms with van der Waals surface area (Å²) in [4.78, 5) is 0. The molecule has 3 aromatic carbocycles. The van der Waals surface area contributed by atoms with E-state index < -0.39 is 0 Å². The monoisotopic (exact) mass is 390 g/mol. The summed E-state index contributed by atoms with van der Waals surface area (Å²) < 4.78 is 0. The van der Waals surface area contributed by atoms with Crippen molar-refractivity contribution < 1.29 is 0 Å². The molecule has 2 atom stereocenters. The number of hydrogen-bond donors (Lipinski definition) is 0. The lowest BCUT2D eigenvalue weighted by Crippen LogP contribution is -2.02. The molecule has 0 bridgehead atoms. The van der Waals surface area contributed by atoms with Crippen molar-refractivity contribution in [1.82, 2.24) is 0 Å². The molecule has 3 aromatic rings. The molecule has 0 amide bonds. The zero-order chi connectivity index (χ0) is 19.0. The van der Waals surface area contributed by atoms with Gasteiger partial charge in [-0.2, -0.15) is 0 Å². The van der Waals surface area contributed by atoms with Gasteiger partial charge in [0.1, 0.15) is 0 Å². The Kier molecular flexibility index (Phi) is 4.74. The maximum atomic E-state index is 6.10. The van der Waals surface area contributed by atoms with Crippen molar-refractivity contribution in [3.63, 3.8) is 0 Å². The van der Waals surface area contributed by atoms with Gasteiger partial charge in [0.05, 0.1) is 0 Å². The van der Waals surface area contributed by atoms with Crippen LogP contribution in [0.3, 0.4) is 0 Å². The van der Waals surface area contributed by atoms with Crippen molar-refractivity contribution in [3.8, 4) is 0 Å². The fourth-order valence-corrected chi connectivity index (χ4v) is 3.98. The molecular formula is C25H20Cl2. The molecule has 0 aliphatic heterocycles. The summed E-state index contributed by atoms with van der Waals surface area (Å²) in [5.41, 5.74) is 9.73. The van der Waals surface area contributed by atoms with Crippen molar-refractivity contribution in [1.29, 1.82) is 0 Å². The van der Waals surface area contributed by atoms with E-state index in [1.54, 1.807) is 0 Å². The van der Waals surface area contributed by atoms with Crippen molar-refractivity contribution in [2.75, 3.05) is 0 Å². The lowest BCUT2D eigenvalue weighted by atomic mass is 9.94. The maximum Gasteiger partial charge on any atom is 0.0406 e. The molecule has 0 spiro atoms. The van der Waals surface area contributed by atoms with Crippen LogP contribution in [-0.4, -0.2) is 0 Å². The summed E-state index contributed by atoms with van der Waals surface area (Å²) >= 11 is 12.2. The van der Waals surface area contributed by atoms with Gasteiger partial charge in [-0.3, -0.25) is 0 Å². The fourth-order valence-electron chi connectivity index (χ4n) is 3.73. The van der Waals surface area contributed by atoms with E-state index in [0.717, 1.165) is 26.7 Å². The van der Waals surface area contributed by atoms with E-state index in [2.05, 4.69) is 68.1 Å². The van der Waals surface area contributed by atoms with E-state index >= 15 is 0 Å². The van der Waals surface area contributed by atoms with Gasteiger partial charge < -0.3 is 0 Å². The average Bonchev–Trinajstić information content (AvgIpc) is 3.22. The van der Waals surface area contributed by atoms with Crippen LogP contribution in [0.25, 0.3) is 5.57 Å². The molecule has 2 heteroatoms. The zero-order valence-corrected chi connectivity index (χ0v) is 16.9. The highest BCUT2D eigenvalue weighted by Crippen LogP contribution is 2.59. The summed E-state index contributed by atoms with van der Waals surface area (Å²) in [6.07, 6.45) is 0. The number of halogens is 2. The molecule has 0 saturated heterocycles. The van der Waals surface area contributed by atoms with Gasteiger partial charge in [0, 0.05) is 21.0 Å². The first-order valence-electron chi connectivity index (χ1n) is 9.09. The Morgan fingerprint density at radius 2 is 1.30 bits per heavy atom. The molecular weight excluding hydrogens is 371 g/mol. The van der Waals surface area contributed by atoms with Gasteiger partial charge in [0.2, 0.25) is 0 Å². The zero-order valence-electron chi connectivity index (χ0n) is 15.3. The highest BCUT2D eigenvalue weighted by atomic mass is 35.5. The Bertz CT molecular complexity index is 1020. The van der Waals surface area contributed by atoms with E-state index in [4.69, 9.17) is 23.2 Å². The molecule has 1 fully saturated rings. The topological polar surface area (TPSA) is 0 Å². The Morgan fingerprint density at radius 1 is 0.778 bits per heavy atom. The number of allylic oxidation sites excluding steroid dienone is 1. The number of benzene rings is 3. The number of rotatable bonds is 3. The normalized spacial score (nSPS) is 20.9. The second-order valence-electron chi connectivity index (χ2n) is 7.22. The van der Waals surface area contributed by atoms with Crippen molar-refractivity contribution in [2.45, 2.75) is 19.3 Å². The van der Waals surface area contributed by atoms with Crippen LogP contribution >= 0.6 is 23.2 Å². The summed E-state index contributed by atoms with van der Waals surface area (Å²) in [7, 11) is 0.